The van der Waals surface area contributed by atoms with Crippen molar-refractivity contribution < 1.29 is 23.8 Å². The van der Waals surface area contributed by atoms with Gasteiger partial charge in [-0.05, 0) is 49.1 Å². The summed E-state index contributed by atoms with van der Waals surface area (Å²) in [7, 11) is 1.63. The quantitative estimate of drug-likeness (QED) is 0.333. The van der Waals surface area contributed by atoms with E-state index in [4.69, 9.17) is 14.2 Å². The minimum atomic E-state index is -0.321. The van der Waals surface area contributed by atoms with Crippen molar-refractivity contribution in [2.24, 2.45) is 11.3 Å². The maximum atomic E-state index is 14.0. The summed E-state index contributed by atoms with van der Waals surface area (Å²) in [5.41, 5.74) is 1.56. The number of anilines is 1. The first-order valence-corrected chi connectivity index (χ1v) is 15.1. The van der Waals surface area contributed by atoms with E-state index in [1.54, 1.807) is 19.5 Å². The maximum absolute atomic E-state index is 14.0. The highest BCUT2D eigenvalue weighted by Crippen LogP contribution is 2.47. The van der Waals surface area contributed by atoms with Crippen LogP contribution in [0, 0.1) is 11.3 Å². The van der Waals surface area contributed by atoms with Crippen LogP contribution in [0.4, 0.5) is 5.69 Å². The van der Waals surface area contributed by atoms with Gasteiger partial charge in [-0.15, -0.1) is 6.58 Å². The minimum absolute atomic E-state index is 0.0336. The molecule has 2 saturated heterocycles. The lowest BCUT2D eigenvalue weighted by molar-refractivity contribution is -0.134. The van der Waals surface area contributed by atoms with Crippen LogP contribution in [0.1, 0.15) is 57.9 Å². The number of carbonyl (C=O) groups is 2. The Kier molecular flexibility index (Phi) is 9.06. The molecule has 42 heavy (non-hydrogen) atoms. The van der Waals surface area contributed by atoms with Crippen molar-refractivity contribution >= 4 is 17.5 Å². The molecule has 0 spiro atoms. The number of nitrogens with zero attached hydrogens (tertiary/aromatic N) is 4. The molecule has 1 aromatic carbocycles. The van der Waals surface area contributed by atoms with Gasteiger partial charge in [-0.2, -0.15) is 0 Å². The van der Waals surface area contributed by atoms with Crippen molar-refractivity contribution in [2.45, 2.75) is 58.4 Å². The van der Waals surface area contributed by atoms with Crippen LogP contribution in [0.3, 0.4) is 0 Å². The fraction of sp³-hybridized carbons (Fsp3) is 0.545. The molecule has 3 aliphatic heterocycles. The zero-order chi connectivity index (χ0) is 29.9. The van der Waals surface area contributed by atoms with Gasteiger partial charge in [-0.3, -0.25) is 19.5 Å². The Balaban J connectivity index is 1.43. The van der Waals surface area contributed by atoms with Crippen LogP contribution in [0.5, 0.6) is 17.2 Å². The average molecular weight is 577 g/mol. The molecule has 3 aliphatic rings. The molecule has 2 amide bonds. The van der Waals surface area contributed by atoms with E-state index in [0.717, 1.165) is 43.5 Å². The monoisotopic (exact) mass is 576 g/mol. The molecule has 0 unspecified atom stereocenters. The van der Waals surface area contributed by atoms with E-state index < -0.39 is 0 Å². The molecule has 0 aliphatic carbocycles. The summed E-state index contributed by atoms with van der Waals surface area (Å²) in [5, 5.41) is 0. The first-order chi connectivity index (χ1) is 20.3. The number of carbonyl (C=O) groups excluding carboxylic acids is 2. The first-order valence-electron chi connectivity index (χ1n) is 15.1. The van der Waals surface area contributed by atoms with Crippen LogP contribution < -0.4 is 19.1 Å². The predicted molar refractivity (Wildman–Crippen MR) is 162 cm³/mol. The second-order valence-corrected chi connectivity index (χ2v) is 12.2. The fourth-order valence-corrected chi connectivity index (χ4v) is 6.63. The molecule has 0 N–H and O–H groups in total. The molecule has 226 valence electrons. The number of rotatable bonds is 12. The van der Waals surface area contributed by atoms with Crippen molar-refractivity contribution in [3.8, 4) is 17.2 Å². The van der Waals surface area contributed by atoms with Crippen LogP contribution in [0.25, 0.3) is 0 Å². The van der Waals surface area contributed by atoms with Gasteiger partial charge in [-0.1, -0.05) is 33.3 Å². The highest BCUT2D eigenvalue weighted by molar-refractivity contribution is 5.94. The molecule has 3 atom stereocenters. The summed E-state index contributed by atoms with van der Waals surface area (Å²) >= 11 is 0. The summed E-state index contributed by atoms with van der Waals surface area (Å²) in [4.78, 5) is 37.4. The van der Waals surface area contributed by atoms with Crippen molar-refractivity contribution in [1.82, 2.24) is 14.8 Å². The lowest BCUT2D eigenvalue weighted by Gasteiger charge is -2.31. The molecule has 0 bridgehead atoms. The van der Waals surface area contributed by atoms with Gasteiger partial charge in [0.05, 0.1) is 25.5 Å². The minimum Gasteiger partial charge on any atom is -0.493 e. The molecule has 1 aromatic heterocycles. The maximum Gasteiger partial charge on any atom is 0.241 e. The standard InChI is InChI=1S/C33H44N4O5/c1-6-8-14-37(24-10-9-13-34-19-24)30(38)21-36-20-26(23-17-28(40-5)31-29(18-23)41-22-42-31)25(7-2)27(36)11-15-35-16-12-33(3,4)32(35)39/h7,9-10,13,17-19,25-27H,2,6,8,11-12,14-16,20-22H2,1,3-5H3/t25-,26-,27+/m1/s1. The number of amides is 2. The summed E-state index contributed by atoms with van der Waals surface area (Å²) in [6, 6.07) is 7.89. The number of hydrogen-bond acceptors (Lipinski definition) is 7. The number of aromatic nitrogens is 1. The number of hydrogen-bond donors (Lipinski definition) is 0. The lowest BCUT2D eigenvalue weighted by Crippen LogP contribution is -2.45. The number of likely N-dealkylation sites (tertiary alicyclic amines) is 2. The molecule has 0 radical (unpaired) electrons. The second kappa shape index (κ2) is 12.7. The van der Waals surface area contributed by atoms with E-state index in [1.807, 2.05) is 54.0 Å². The third-order valence-corrected chi connectivity index (χ3v) is 9.09. The van der Waals surface area contributed by atoms with Gasteiger partial charge < -0.3 is 24.0 Å². The number of unbranched alkanes of at least 4 members (excludes halogenated alkanes) is 1. The second-order valence-electron chi connectivity index (χ2n) is 12.2. The van der Waals surface area contributed by atoms with Crippen LogP contribution in [0.15, 0.2) is 49.3 Å². The third kappa shape index (κ3) is 5.98. The van der Waals surface area contributed by atoms with Gasteiger partial charge >= 0.3 is 0 Å². The largest absolute Gasteiger partial charge is 0.493 e. The Morgan fingerprint density at radius 1 is 1.31 bits per heavy atom. The van der Waals surface area contributed by atoms with E-state index in [1.165, 1.54) is 0 Å². The number of benzene rings is 1. The van der Waals surface area contributed by atoms with Crippen molar-refractivity contribution in [3.05, 3.63) is 54.9 Å². The number of pyridine rings is 1. The number of fused-ring (bicyclic) bond motifs is 1. The van der Waals surface area contributed by atoms with E-state index in [9.17, 15) is 9.59 Å². The van der Waals surface area contributed by atoms with Crippen molar-refractivity contribution in [1.29, 1.82) is 0 Å². The summed E-state index contributed by atoms with van der Waals surface area (Å²) in [6.45, 7) is 13.6. The van der Waals surface area contributed by atoms with Crippen LogP contribution >= 0.6 is 0 Å². The summed E-state index contributed by atoms with van der Waals surface area (Å²) in [5.74, 6) is 2.32. The third-order valence-electron chi connectivity index (χ3n) is 9.09. The normalized spacial score (nSPS) is 22.9. The highest BCUT2D eigenvalue weighted by atomic mass is 16.7. The van der Waals surface area contributed by atoms with Crippen molar-refractivity contribution in [2.75, 3.05) is 51.5 Å². The number of ether oxygens (including phenoxy) is 3. The lowest BCUT2D eigenvalue weighted by atomic mass is 9.84. The molecule has 5 rings (SSSR count). The molecule has 4 heterocycles. The van der Waals surface area contributed by atoms with Crippen LogP contribution in [0.2, 0.25) is 0 Å². The van der Waals surface area contributed by atoms with Gasteiger partial charge in [-0.25, -0.2) is 0 Å². The van der Waals surface area contributed by atoms with Gasteiger partial charge in [0.25, 0.3) is 0 Å². The fourth-order valence-electron chi connectivity index (χ4n) is 6.63. The molecule has 2 aromatic rings. The van der Waals surface area contributed by atoms with Crippen molar-refractivity contribution in [3.63, 3.8) is 0 Å². The molecule has 2 fully saturated rings. The van der Waals surface area contributed by atoms with E-state index in [-0.39, 0.29) is 48.4 Å². The SMILES string of the molecule is C=C[C@@H]1[C@@H](c2cc(OC)c3c(c2)OCO3)CN(CC(=O)N(CCCC)c2cccnc2)[C@H]1CCN1CCC(C)(C)C1=O. The molecule has 9 heteroatoms. The summed E-state index contributed by atoms with van der Waals surface area (Å²) in [6.07, 6.45) is 9.01. The average Bonchev–Trinajstić information content (AvgIpc) is 3.68. The van der Waals surface area contributed by atoms with E-state index in [0.29, 0.717) is 36.9 Å². The Morgan fingerprint density at radius 2 is 2.14 bits per heavy atom. The summed E-state index contributed by atoms with van der Waals surface area (Å²) < 4.78 is 17.0. The topological polar surface area (TPSA) is 84.4 Å². The molecule has 0 saturated carbocycles. The van der Waals surface area contributed by atoms with Crippen LogP contribution in [-0.2, 0) is 9.59 Å². The Labute approximate surface area is 249 Å². The smallest absolute Gasteiger partial charge is 0.241 e. The predicted octanol–water partition coefficient (Wildman–Crippen LogP) is 4.87. The Morgan fingerprint density at radius 3 is 2.81 bits per heavy atom. The van der Waals surface area contributed by atoms with Gasteiger partial charge in [0.2, 0.25) is 24.4 Å². The Hall–Kier alpha value is -3.59. The molecular weight excluding hydrogens is 532 g/mol. The van der Waals surface area contributed by atoms with Gasteiger partial charge in [0.1, 0.15) is 0 Å². The van der Waals surface area contributed by atoms with E-state index in [2.05, 4.69) is 23.4 Å². The zero-order valence-corrected chi connectivity index (χ0v) is 25.4. The van der Waals surface area contributed by atoms with Gasteiger partial charge in [0.15, 0.2) is 11.5 Å². The van der Waals surface area contributed by atoms with Crippen LogP contribution in [-0.4, -0.2) is 79.3 Å². The Bertz CT molecular complexity index is 1280. The zero-order valence-electron chi connectivity index (χ0n) is 25.4. The molecular formula is C33H44N4O5. The number of methoxy groups -OCH3 is 1. The highest BCUT2D eigenvalue weighted by Gasteiger charge is 2.44. The van der Waals surface area contributed by atoms with Gasteiger partial charge in [0, 0.05) is 55.7 Å². The first kappa shape index (κ1) is 29.9. The van der Waals surface area contributed by atoms with E-state index >= 15 is 0 Å². The molecule has 9 nitrogen and oxygen atoms in total.